The van der Waals surface area contributed by atoms with Gasteiger partial charge in [-0.15, -0.1) is 0 Å². The maximum absolute atomic E-state index is 4.25. The van der Waals surface area contributed by atoms with Crippen molar-refractivity contribution in [3.05, 3.63) is 28.5 Å². The van der Waals surface area contributed by atoms with Gasteiger partial charge in [0.1, 0.15) is 0 Å². The van der Waals surface area contributed by atoms with Crippen molar-refractivity contribution in [2.45, 2.75) is 45.3 Å². The smallest absolute Gasteiger partial charge is 0.0410 e. The van der Waals surface area contributed by atoms with E-state index >= 15 is 0 Å². The number of aromatic nitrogens is 1. The molecule has 100 valence electrons. The quantitative estimate of drug-likeness (QED) is 0.927. The lowest BCUT2D eigenvalue weighted by atomic mass is 10.0. The zero-order valence-corrected chi connectivity index (χ0v) is 12.8. The van der Waals surface area contributed by atoms with Crippen molar-refractivity contribution in [3.63, 3.8) is 0 Å². The predicted molar refractivity (Wildman–Crippen MR) is 78.5 cm³/mol. The minimum atomic E-state index is 0.632. The second kappa shape index (κ2) is 6.64. The lowest BCUT2D eigenvalue weighted by molar-refractivity contribution is 0.117. The van der Waals surface area contributed by atoms with Crippen molar-refractivity contribution >= 4 is 15.9 Å². The fourth-order valence-electron chi connectivity index (χ4n) is 2.57. The first-order valence-corrected chi connectivity index (χ1v) is 7.59. The molecule has 2 unspecified atom stereocenters. The molecule has 0 spiro atoms. The van der Waals surface area contributed by atoms with E-state index in [0.29, 0.717) is 12.1 Å². The first-order chi connectivity index (χ1) is 8.72. The van der Waals surface area contributed by atoms with Crippen LogP contribution in [0.2, 0.25) is 0 Å². The third kappa shape index (κ3) is 3.53. The van der Waals surface area contributed by atoms with E-state index in [-0.39, 0.29) is 0 Å². The molecule has 0 radical (unpaired) electrons. The van der Waals surface area contributed by atoms with Crippen LogP contribution in [0.5, 0.6) is 0 Å². The van der Waals surface area contributed by atoms with E-state index in [4.69, 9.17) is 0 Å². The van der Waals surface area contributed by atoms with Gasteiger partial charge in [0.25, 0.3) is 0 Å². The lowest BCUT2D eigenvalue weighted by Crippen LogP contribution is -2.55. The molecule has 4 heteroatoms. The summed E-state index contributed by atoms with van der Waals surface area (Å²) in [7, 11) is 0. The van der Waals surface area contributed by atoms with Crippen LogP contribution in [0.15, 0.2) is 22.9 Å². The molecule has 1 N–H and O–H groups in total. The van der Waals surface area contributed by atoms with Gasteiger partial charge in [-0.1, -0.05) is 13.8 Å². The number of halogens is 1. The van der Waals surface area contributed by atoms with Gasteiger partial charge in [0.2, 0.25) is 0 Å². The summed E-state index contributed by atoms with van der Waals surface area (Å²) in [5, 5.41) is 3.63. The molecule has 1 aliphatic heterocycles. The summed E-state index contributed by atoms with van der Waals surface area (Å²) in [5.41, 5.74) is 1.29. The SMILES string of the molecule is CCC1CN(Cc2cncc(Br)c2)C(CC)CN1. The molecule has 18 heavy (non-hydrogen) atoms. The Hall–Kier alpha value is -0.450. The minimum absolute atomic E-state index is 0.632. The molecule has 1 aromatic rings. The van der Waals surface area contributed by atoms with Gasteiger partial charge in [0.15, 0.2) is 0 Å². The number of rotatable bonds is 4. The molecule has 0 bridgehead atoms. The maximum atomic E-state index is 4.25. The first kappa shape index (κ1) is 14.0. The summed E-state index contributed by atoms with van der Waals surface area (Å²) in [5.74, 6) is 0. The Balaban J connectivity index is 2.04. The van der Waals surface area contributed by atoms with Crippen LogP contribution in [0.4, 0.5) is 0 Å². The minimum Gasteiger partial charge on any atom is -0.311 e. The standard InChI is InChI=1S/C14H22BrN3/c1-3-13-10-18(14(4-2)8-17-13)9-11-5-12(15)7-16-6-11/h5-7,13-14,17H,3-4,8-10H2,1-2H3. The molecule has 0 aliphatic carbocycles. The Kier molecular flexibility index (Phi) is 5.15. The Bertz CT molecular complexity index is 383. The van der Waals surface area contributed by atoms with Gasteiger partial charge in [-0.05, 0) is 40.4 Å². The largest absolute Gasteiger partial charge is 0.311 e. The van der Waals surface area contributed by atoms with E-state index in [1.807, 2.05) is 12.4 Å². The molecule has 1 aliphatic rings. The topological polar surface area (TPSA) is 28.2 Å². The molecule has 0 saturated carbocycles. The number of hydrogen-bond acceptors (Lipinski definition) is 3. The van der Waals surface area contributed by atoms with Crippen LogP contribution < -0.4 is 5.32 Å². The molecule has 2 rings (SSSR count). The summed E-state index contributed by atoms with van der Waals surface area (Å²) in [6, 6.07) is 3.45. The van der Waals surface area contributed by atoms with Gasteiger partial charge in [-0.3, -0.25) is 9.88 Å². The molecule has 1 saturated heterocycles. The summed E-state index contributed by atoms with van der Waals surface area (Å²) in [6.07, 6.45) is 6.21. The number of nitrogens with zero attached hydrogens (tertiary/aromatic N) is 2. The summed E-state index contributed by atoms with van der Waals surface area (Å²) >= 11 is 3.49. The van der Waals surface area contributed by atoms with Crippen LogP contribution in [0.3, 0.4) is 0 Å². The second-order valence-corrected chi connectivity index (χ2v) is 5.93. The van der Waals surface area contributed by atoms with Crippen molar-refractivity contribution in [2.75, 3.05) is 13.1 Å². The molecule has 1 aromatic heterocycles. The van der Waals surface area contributed by atoms with Crippen LogP contribution in [0.25, 0.3) is 0 Å². The molecular formula is C14H22BrN3. The zero-order valence-electron chi connectivity index (χ0n) is 11.2. The van der Waals surface area contributed by atoms with E-state index < -0.39 is 0 Å². The van der Waals surface area contributed by atoms with E-state index in [1.54, 1.807) is 0 Å². The van der Waals surface area contributed by atoms with Gasteiger partial charge < -0.3 is 5.32 Å². The van der Waals surface area contributed by atoms with Gasteiger partial charge in [-0.2, -0.15) is 0 Å². The highest BCUT2D eigenvalue weighted by Gasteiger charge is 2.25. The van der Waals surface area contributed by atoms with Crippen molar-refractivity contribution < 1.29 is 0 Å². The molecule has 0 amide bonds. The van der Waals surface area contributed by atoms with Gasteiger partial charge >= 0.3 is 0 Å². The van der Waals surface area contributed by atoms with E-state index in [2.05, 4.69) is 51.0 Å². The normalized spacial score (nSPS) is 25.3. The van der Waals surface area contributed by atoms with E-state index in [9.17, 15) is 0 Å². The number of hydrogen-bond donors (Lipinski definition) is 1. The van der Waals surface area contributed by atoms with Gasteiger partial charge in [0, 0.05) is 48.6 Å². The molecule has 2 heterocycles. The van der Waals surface area contributed by atoms with Crippen molar-refractivity contribution in [1.29, 1.82) is 0 Å². The Morgan fingerprint density at radius 3 is 2.89 bits per heavy atom. The lowest BCUT2D eigenvalue weighted by Gasteiger charge is -2.40. The number of nitrogens with one attached hydrogen (secondary N) is 1. The van der Waals surface area contributed by atoms with Gasteiger partial charge in [0.05, 0.1) is 0 Å². The average Bonchev–Trinajstić information content (AvgIpc) is 2.38. The third-order valence-electron chi connectivity index (χ3n) is 3.72. The highest BCUT2D eigenvalue weighted by molar-refractivity contribution is 9.10. The Morgan fingerprint density at radius 1 is 1.39 bits per heavy atom. The molecular weight excluding hydrogens is 290 g/mol. The second-order valence-electron chi connectivity index (χ2n) is 5.02. The first-order valence-electron chi connectivity index (χ1n) is 6.79. The fraction of sp³-hybridized carbons (Fsp3) is 0.643. The van der Waals surface area contributed by atoms with E-state index in [1.165, 1.54) is 18.4 Å². The summed E-state index contributed by atoms with van der Waals surface area (Å²) in [6.45, 7) is 7.77. The molecule has 0 aromatic carbocycles. The van der Waals surface area contributed by atoms with Crippen LogP contribution in [0.1, 0.15) is 32.3 Å². The van der Waals surface area contributed by atoms with Crippen LogP contribution >= 0.6 is 15.9 Å². The predicted octanol–water partition coefficient (Wildman–Crippen LogP) is 2.81. The summed E-state index contributed by atoms with van der Waals surface area (Å²) in [4.78, 5) is 6.84. The van der Waals surface area contributed by atoms with E-state index in [0.717, 1.165) is 24.1 Å². The Morgan fingerprint density at radius 2 is 2.22 bits per heavy atom. The third-order valence-corrected chi connectivity index (χ3v) is 4.16. The average molecular weight is 312 g/mol. The molecule has 2 atom stereocenters. The highest BCUT2D eigenvalue weighted by atomic mass is 79.9. The van der Waals surface area contributed by atoms with Crippen LogP contribution in [-0.2, 0) is 6.54 Å². The summed E-state index contributed by atoms with van der Waals surface area (Å²) < 4.78 is 1.07. The van der Waals surface area contributed by atoms with Crippen molar-refractivity contribution in [1.82, 2.24) is 15.2 Å². The molecule has 1 fully saturated rings. The van der Waals surface area contributed by atoms with Crippen molar-refractivity contribution in [2.24, 2.45) is 0 Å². The Labute approximate surface area is 118 Å². The highest BCUT2D eigenvalue weighted by Crippen LogP contribution is 2.17. The van der Waals surface area contributed by atoms with Crippen LogP contribution in [-0.4, -0.2) is 35.1 Å². The molecule has 3 nitrogen and oxygen atoms in total. The van der Waals surface area contributed by atoms with Gasteiger partial charge in [-0.25, -0.2) is 0 Å². The monoisotopic (exact) mass is 311 g/mol. The maximum Gasteiger partial charge on any atom is 0.0410 e. The number of piperazine rings is 1. The zero-order chi connectivity index (χ0) is 13.0. The van der Waals surface area contributed by atoms with Crippen LogP contribution in [0, 0.1) is 0 Å². The fourth-order valence-corrected chi connectivity index (χ4v) is 2.99. The van der Waals surface area contributed by atoms with Crippen molar-refractivity contribution in [3.8, 4) is 0 Å². The number of pyridine rings is 1.